The Bertz CT molecular complexity index is 432. The van der Waals surface area contributed by atoms with Crippen molar-refractivity contribution in [1.29, 1.82) is 0 Å². The smallest absolute Gasteiger partial charge is 0.416 e. The van der Waals surface area contributed by atoms with Crippen LogP contribution in [0.1, 0.15) is 19.4 Å². The van der Waals surface area contributed by atoms with Gasteiger partial charge in [0.25, 0.3) is 0 Å². The molecule has 2 atom stereocenters. The van der Waals surface area contributed by atoms with Crippen LogP contribution in [0.2, 0.25) is 0 Å². The largest absolute Gasteiger partial charge is 0.481 e. The van der Waals surface area contributed by atoms with Gasteiger partial charge in [0.1, 0.15) is 0 Å². The molecule has 0 saturated heterocycles. The molecule has 2 unspecified atom stereocenters. The normalized spacial score (nSPS) is 14.9. The zero-order valence-electron chi connectivity index (χ0n) is 9.95. The summed E-state index contributed by atoms with van der Waals surface area (Å²) in [6.45, 7) is 3.10. The van der Waals surface area contributed by atoms with E-state index in [0.717, 1.165) is 12.1 Å². The number of hydrogen-bond donors (Lipinski definition) is 2. The summed E-state index contributed by atoms with van der Waals surface area (Å²) >= 11 is 0. The van der Waals surface area contributed by atoms with Crippen LogP contribution in [0.4, 0.5) is 18.9 Å². The fourth-order valence-corrected chi connectivity index (χ4v) is 1.39. The van der Waals surface area contributed by atoms with Gasteiger partial charge in [-0.1, -0.05) is 6.07 Å². The number of anilines is 1. The van der Waals surface area contributed by atoms with Gasteiger partial charge >= 0.3 is 12.1 Å². The van der Waals surface area contributed by atoms with E-state index in [9.17, 15) is 18.0 Å². The monoisotopic (exact) mass is 261 g/mol. The second-order valence-electron chi connectivity index (χ2n) is 4.14. The zero-order valence-corrected chi connectivity index (χ0v) is 9.95. The molecular formula is C12H14F3NO2. The predicted molar refractivity (Wildman–Crippen MR) is 61.3 cm³/mol. The molecule has 0 bridgehead atoms. The fraction of sp³-hybridized carbons (Fsp3) is 0.417. The Kier molecular flexibility index (Phi) is 4.21. The van der Waals surface area contributed by atoms with Crippen LogP contribution in [0.3, 0.4) is 0 Å². The third kappa shape index (κ3) is 3.65. The summed E-state index contributed by atoms with van der Waals surface area (Å²) < 4.78 is 37.4. The highest BCUT2D eigenvalue weighted by Gasteiger charge is 2.30. The molecule has 0 aliphatic heterocycles. The summed E-state index contributed by atoms with van der Waals surface area (Å²) in [5.74, 6) is -1.69. The Labute approximate surface area is 103 Å². The lowest BCUT2D eigenvalue weighted by atomic mass is 10.0. The van der Waals surface area contributed by atoms with E-state index in [1.165, 1.54) is 19.1 Å². The van der Waals surface area contributed by atoms with Crippen LogP contribution in [-0.2, 0) is 11.0 Å². The van der Waals surface area contributed by atoms with Crippen molar-refractivity contribution < 1.29 is 23.1 Å². The zero-order chi connectivity index (χ0) is 13.9. The summed E-state index contributed by atoms with van der Waals surface area (Å²) in [6.07, 6.45) is -4.40. The van der Waals surface area contributed by atoms with Gasteiger partial charge in [0.05, 0.1) is 11.5 Å². The predicted octanol–water partition coefficient (Wildman–Crippen LogP) is 3.23. The maximum absolute atomic E-state index is 12.5. The number of nitrogens with one attached hydrogen (secondary N) is 1. The van der Waals surface area contributed by atoms with Gasteiger partial charge < -0.3 is 10.4 Å². The lowest BCUT2D eigenvalue weighted by Crippen LogP contribution is -2.29. The minimum absolute atomic E-state index is 0.255. The number of halogens is 3. The molecule has 2 N–H and O–H groups in total. The molecule has 3 nitrogen and oxygen atoms in total. The van der Waals surface area contributed by atoms with Crippen molar-refractivity contribution in [1.82, 2.24) is 0 Å². The molecule has 0 aliphatic carbocycles. The first-order valence-corrected chi connectivity index (χ1v) is 5.38. The molecule has 0 aliphatic rings. The van der Waals surface area contributed by atoms with Crippen molar-refractivity contribution in [2.24, 2.45) is 5.92 Å². The van der Waals surface area contributed by atoms with E-state index in [4.69, 9.17) is 5.11 Å². The number of carboxylic acids is 1. The second-order valence-corrected chi connectivity index (χ2v) is 4.14. The number of rotatable bonds is 4. The number of hydrogen-bond acceptors (Lipinski definition) is 2. The van der Waals surface area contributed by atoms with Crippen LogP contribution < -0.4 is 5.32 Å². The van der Waals surface area contributed by atoms with Gasteiger partial charge in [0.2, 0.25) is 0 Å². The summed E-state index contributed by atoms with van der Waals surface area (Å²) in [7, 11) is 0. The SMILES string of the molecule is CC(Nc1cccc(C(F)(F)F)c1)C(C)C(=O)O. The molecule has 18 heavy (non-hydrogen) atoms. The van der Waals surface area contributed by atoms with Crippen LogP contribution in [0.15, 0.2) is 24.3 Å². The van der Waals surface area contributed by atoms with Crippen molar-refractivity contribution in [3.8, 4) is 0 Å². The summed E-state index contributed by atoms with van der Waals surface area (Å²) in [4.78, 5) is 10.7. The van der Waals surface area contributed by atoms with Crippen molar-refractivity contribution in [2.75, 3.05) is 5.32 Å². The van der Waals surface area contributed by atoms with Crippen LogP contribution in [-0.4, -0.2) is 17.1 Å². The van der Waals surface area contributed by atoms with E-state index in [2.05, 4.69) is 5.32 Å². The molecule has 0 amide bonds. The maximum atomic E-state index is 12.5. The van der Waals surface area contributed by atoms with Gasteiger partial charge in [-0.25, -0.2) is 0 Å². The number of aliphatic carboxylic acids is 1. The first-order valence-electron chi connectivity index (χ1n) is 5.38. The number of carboxylic acid groups (broad SMARTS) is 1. The molecule has 0 saturated carbocycles. The van der Waals surface area contributed by atoms with E-state index in [-0.39, 0.29) is 5.69 Å². The van der Waals surface area contributed by atoms with Crippen molar-refractivity contribution in [3.05, 3.63) is 29.8 Å². The first kappa shape index (κ1) is 14.3. The summed E-state index contributed by atoms with van der Waals surface area (Å²) in [6, 6.07) is 4.22. The lowest BCUT2D eigenvalue weighted by molar-refractivity contribution is -0.141. The average molecular weight is 261 g/mol. The van der Waals surface area contributed by atoms with Crippen LogP contribution in [0.5, 0.6) is 0 Å². The van der Waals surface area contributed by atoms with Gasteiger partial charge in [-0.05, 0) is 32.0 Å². The molecule has 100 valence electrons. The molecule has 0 heterocycles. The Hall–Kier alpha value is -1.72. The molecule has 0 spiro atoms. The second kappa shape index (κ2) is 5.29. The maximum Gasteiger partial charge on any atom is 0.416 e. The Balaban J connectivity index is 2.83. The minimum Gasteiger partial charge on any atom is -0.481 e. The highest BCUT2D eigenvalue weighted by atomic mass is 19.4. The topological polar surface area (TPSA) is 49.3 Å². The molecule has 1 aromatic rings. The summed E-state index contributed by atoms with van der Waals surface area (Å²) in [5, 5.41) is 11.5. The van der Waals surface area contributed by atoms with Crippen molar-refractivity contribution >= 4 is 11.7 Å². The van der Waals surface area contributed by atoms with Gasteiger partial charge in [-0.2, -0.15) is 13.2 Å². The Morgan fingerprint density at radius 1 is 1.33 bits per heavy atom. The standard InChI is InChI=1S/C12H14F3NO2/c1-7(11(17)18)8(2)16-10-5-3-4-9(6-10)12(13,14)15/h3-8,16H,1-2H3,(H,17,18). The number of benzene rings is 1. The van der Waals surface area contributed by atoms with E-state index in [1.54, 1.807) is 6.92 Å². The molecular weight excluding hydrogens is 247 g/mol. The van der Waals surface area contributed by atoms with E-state index in [1.807, 2.05) is 0 Å². The Morgan fingerprint density at radius 3 is 2.44 bits per heavy atom. The quantitative estimate of drug-likeness (QED) is 0.874. The highest BCUT2D eigenvalue weighted by Crippen LogP contribution is 2.30. The summed E-state index contributed by atoms with van der Waals surface area (Å²) in [5.41, 5.74) is -0.506. The molecule has 0 radical (unpaired) electrons. The third-order valence-corrected chi connectivity index (χ3v) is 2.72. The Morgan fingerprint density at radius 2 is 1.94 bits per heavy atom. The van der Waals surface area contributed by atoms with Crippen LogP contribution in [0.25, 0.3) is 0 Å². The molecule has 0 aromatic heterocycles. The molecule has 0 fully saturated rings. The highest BCUT2D eigenvalue weighted by molar-refractivity contribution is 5.71. The average Bonchev–Trinajstić information content (AvgIpc) is 2.27. The molecule has 1 aromatic carbocycles. The van der Waals surface area contributed by atoms with Gasteiger partial charge in [0.15, 0.2) is 0 Å². The van der Waals surface area contributed by atoms with Gasteiger partial charge in [0, 0.05) is 11.7 Å². The van der Waals surface area contributed by atoms with Crippen LogP contribution >= 0.6 is 0 Å². The molecule has 6 heteroatoms. The third-order valence-electron chi connectivity index (χ3n) is 2.72. The van der Waals surface area contributed by atoms with E-state index in [0.29, 0.717) is 0 Å². The van der Waals surface area contributed by atoms with Crippen molar-refractivity contribution in [2.45, 2.75) is 26.1 Å². The first-order chi connectivity index (χ1) is 8.21. The fourth-order valence-electron chi connectivity index (χ4n) is 1.39. The van der Waals surface area contributed by atoms with E-state index < -0.39 is 29.7 Å². The van der Waals surface area contributed by atoms with Gasteiger partial charge in [-0.15, -0.1) is 0 Å². The number of alkyl halides is 3. The van der Waals surface area contributed by atoms with E-state index >= 15 is 0 Å². The van der Waals surface area contributed by atoms with Crippen LogP contribution in [0, 0.1) is 5.92 Å². The minimum atomic E-state index is -4.40. The lowest BCUT2D eigenvalue weighted by Gasteiger charge is -2.19. The molecule has 1 rings (SSSR count). The number of carbonyl (C=O) groups is 1. The van der Waals surface area contributed by atoms with Gasteiger partial charge in [-0.3, -0.25) is 4.79 Å². The van der Waals surface area contributed by atoms with Crippen molar-refractivity contribution in [3.63, 3.8) is 0 Å².